The van der Waals surface area contributed by atoms with Gasteiger partial charge in [-0.2, -0.15) is 0 Å². The molecule has 0 aliphatic heterocycles. The molecule has 0 spiro atoms. The maximum absolute atomic E-state index is 10.7. The first kappa shape index (κ1) is 18.0. The van der Waals surface area contributed by atoms with Gasteiger partial charge < -0.3 is 21.9 Å². The van der Waals surface area contributed by atoms with Crippen LogP contribution in [0.15, 0.2) is 12.1 Å². The lowest BCUT2D eigenvalue weighted by Gasteiger charge is -2.15. The SMILES string of the molecule is CC(C)Nc1c(N)cc(C(=O)O)cc1N.Cl.Cl. The number of carboxylic acids is 1. The van der Waals surface area contributed by atoms with E-state index in [-0.39, 0.29) is 36.4 Å². The van der Waals surface area contributed by atoms with E-state index in [2.05, 4.69) is 5.32 Å². The smallest absolute Gasteiger partial charge is 0.335 e. The van der Waals surface area contributed by atoms with Crippen LogP contribution in [-0.2, 0) is 0 Å². The van der Waals surface area contributed by atoms with E-state index >= 15 is 0 Å². The Morgan fingerprint density at radius 3 is 1.94 bits per heavy atom. The van der Waals surface area contributed by atoms with Crippen LogP contribution in [-0.4, -0.2) is 17.1 Å². The fraction of sp³-hybridized carbons (Fsp3) is 0.300. The van der Waals surface area contributed by atoms with Crippen LogP contribution in [0.4, 0.5) is 17.1 Å². The molecular weight excluding hydrogens is 265 g/mol. The van der Waals surface area contributed by atoms with Gasteiger partial charge in [-0.3, -0.25) is 0 Å². The summed E-state index contributed by atoms with van der Waals surface area (Å²) in [6.07, 6.45) is 0. The molecule has 0 atom stereocenters. The molecule has 0 saturated carbocycles. The van der Waals surface area contributed by atoms with Gasteiger partial charge >= 0.3 is 5.97 Å². The average Bonchev–Trinajstić information content (AvgIpc) is 2.10. The van der Waals surface area contributed by atoms with Crippen LogP contribution in [0.1, 0.15) is 24.2 Å². The van der Waals surface area contributed by atoms with Crippen molar-refractivity contribution in [2.24, 2.45) is 0 Å². The van der Waals surface area contributed by atoms with E-state index in [0.717, 1.165) is 0 Å². The fourth-order valence-corrected chi connectivity index (χ4v) is 1.27. The van der Waals surface area contributed by atoms with Gasteiger partial charge in [0.05, 0.1) is 22.6 Å². The Kier molecular flexibility index (Phi) is 7.52. The van der Waals surface area contributed by atoms with Gasteiger partial charge in [-0.1, -0.05) is 0 Å². The van der Waals surface area contributed by atoms with Gasteiger partial charge in [0.1, 0.15) is 0 Å². The second kappa shape index (κ2) is 7.09. The van der Waals surface area contributed by atoms with Gasteiger partial charge in [-0.05, 0) is 26.0 Å². The minimum atomic E-state index is -1.04. The van der Waals surface area contributed by atoms with Crippen molar-refractivity contribution in [2.45, 2.75) is 19.9 Å². The summed E-state index contributed by atoms with van der Waals surface area (Å²) in [7, 11) is 0. The van der Waals surface area contributed by atoms with Crippen molar-refractivity contribution in [1.82, 2.24) is 0 Å². The van der Waals surface area contributed by atoms with Crippen molar-refractivity contribution in [1.29, 1.82) is 0 Å². The van der Waals surface area contributed by atoms with E-state index in [9.17, 15) is 4.79 Å². The highest BCUT2D eigenvalue weighted by Crippen LogP contribution is 2.28. The lowest BCUT2D eigenvalue weighted by Crippen LogP contribution is -2.14. The molecule has 0 aliphatic rings. The molecule has 0 radical (unpaired) electrons. The number of nitrogen functional groups attached to an aromatic ring is 2. The van der Waals surface area contributed by atoms with Gasteiger partial charge in [0, 0.05) is 6.04 Å². The van der Waals surface area contributed by atoms with Gasteiger partial charge in [0.15, 0.2) is 0 Å². The largest absolute Gasteiger partial charge is 0.478 e. The van der Waals surface area contributed by atoms with Crippen molar-refractivity contribution < 1.29 is 9.90 Å². The normalized spacial score (nSPS) is 9.12. The Labute approximate surface area is 112 Å². The molecule has 0 heterocycles. The molecule has 0 unspecified atom stereocenters. The number of carboxylic acid groups (broad SMARTS) is 1. The number of hydrogen-bond donors (Lipinski definition) is 4. The minimum Gasteiger partial charge on any atom is -0.478 e. The highest BCUT2D eigenvalue weighted by atomic mass is 35.5. The lowest BCUT2D eigenvalue weighted by atomic mass is 10.1. The monoisotopic (exact) mass is 281 g/mol. The first-order chi connectivity index (χ1) is 6.91. The van der Waals surface area contributed by atoms with E-state index in [4.69, 9.17) is 16.6 Å². The van der Waals surface area contributed by atoms with Gasteiger partial charge in [0.2, 0.25) is 0 Å². The fourth-order valence-electron chi connectivity index (χ4n) is 1.27. The van der Waals surface area contributed by atoms with Crippen LogP contribution in [0, 0.1) is 0 Å². The third kappa shape index (κ3) is 4.58. The third-order valence-corrected chi connectivity index (χ3v) is 1.88. The Bertz CT molecular complexity index is 374. The van der Waals surface area contributed by atoms with Crippen molar-refractivity contribution in [2.75, 3.05) is 16.8 Å². The van der Waals surface area contributed by atoms with Crippen molar-refractivity contribution in [3.63, 3.8) is 0 Å². The molecule has 0 aliphatic carbocycles. The Morgan fingerprint density at radius 2 is 1.65 bits per heavy atom. The number of hydrogen-bond acceptors (Lipinski definition) is 4. The van der Waals surface area contributed by atoms with Crippen molar-refractivity contribution in [3.8, 4) is 0 Å². The van der Waals surface area contributed by atoms with E-state index in [1.165, 1.54) is 12.1 Å². The molecule has 0 saturated heterocycles. The zero-order chi connectivity index (χ0) is 11.6. The molecule has 98 valence electrons. The molecule has 0 aromatic heterocycles. The van der Waals surface area contributed by atoms with E-state index in [0.29, 0.717) is 17.1 Å². The van der Waals surface area contributed by atoms with Gasteiger partial charge in [0.25, 0.3) is 0 Å². The summed E-state index contributed by atoms with van der Waals surface area (Å²) >= 11 is 0. The number of carbonyl (C=O) groups is 1. The van der Waals surface area contributed by atoms with Crippen LogP contribution in [0.3, 0.4) is 0 Å². The number of rotatable bonds is 3. The van der Waals surface area contributed by atoms with Crippen LogP contribution in [0.5, 0.6) is 0 Å². The predicted molar refractivity (Wildman–Crippen MR) is 75.5 cm³/mol. The van der Waals surface area contributed by atoms with Crippen LogP contribution in [0.25, 0.3) is 0 Å². The highest BCUT2D eigenvalue weighted by molar-refractivity contribution is 5.94. The molecule has 17 heavy (non-hydrogen) atoms. The summed E-state index contributed by atoms with van der Waals surface area (Å²) in [6, 6.07) is 2.97. The molecule has 6 N–H and O–H groups in total. The molecule has 1 aromatic rings. The zero-order valence-corrected chi connectivity index (χ0v) is 11.2. The average molecular weight is 282 g/mol. The quantitative estimate of drug-likeness (QED) is 0.637. The summed E-state index contributed by atoms with van der Waals surface area (Å²) < 4.78 is 0. The predicted octanol–water partition coefficient (Wildman–Crippen LogP) is 2.21. The van der Waals surface area contributed by atoms with E-state index in [1.54, 1.807) is 0 Å². The summed E-state index contributed by atoms with van der Waals surface area (Å²) in [5.41, 5.74) is 12.8. The van der Waals surface area contributed by atoms with Crippen LogP contribution < -0.4 is 16.8 Å². The summed E-state index contributed by atoms with van der Waals surface area (Å²) in [4.78, 5) is 10.7. The molecule has 7 heteroatoms. The molecule has 0 amide bonds. The van der Waals surface area contributed by atoms with Gasteiger partial charge in [-0.15, -0.1) is 24.8 Å². The molecule has 0 fully saturated rings. The number of nitrogens with two attached hydrogens (primary N) is 2. The number of benzene rings is 1. The number of anilines is 3. The Morgan fingerprint density at radius 1 is 1.24 bits per heavy atom. The molecule has 5 nitrogen and oxygen atoms in total. The molecule has 1 rings (SSSR count). The van der Waals surface area contributed by atoms with Crippen molar-refractivity contribution >= 4 is 47.8 Å². The summed E-state index contributed by atoms with van der Waals surface area (Å²) in [6.45, 7) is 3.90. The maximum atomic E-state index is 10.7. The van der Waals surface area contributed by atoms with Crippen molar-refractivity contribution in [3.05, 3.63) is 17.7 Å². The Balaban J connectivity index is 0. The highest BCUT2D eigenvalue weighted by Gasteiger charge is 2.11. The number of nitrogens with one attached hydrogen (secondary N) is 1. The zero-order valence-electron chi connectivity index (χ0n) is 9.56. The van der Waals surface area contributed by atoms with Gasteiger partial charge in [-0.25, -0.2) is 4.79 Å². The number of halogens is 2. The molecule has 0 bridgehead atoms. The Hall–Kier alpha value is -1.33. The second-order valence-corrected chi connectivity index (χ2v) is 3.63. The van der Waals surface area contributed by atoms with Crippen LogP contribution >= 0.6 is 24.8 Å². The maximum Gasteiger partial charge on any atom is 0.335 e. The second-order valence-electron chi connectivity index (χ2n) is 3.63. The lowest BCUT2D eigenvalue weighted by molar-refractivity contribution is 0.0697. The topological polar surface area (TPSA) is 101 Å². The first-order valence-corrected chi connectivity index (χ1v) is 4.60. The minimum absolute atomic E-state index is 0. The summed E-state index contributed by atoms with van der Waals surface area (Å²) in [5, 5.41) is 11.8. The summed E-state index contributed by atoms with van der Waals surface area (Å²) in [5.74, 6) is -1.04. The van der Waals surface area contributed by atoms with E-state index in [1.807, 2.05) is 13.8 Å². The third-order valence-electron chi connectivity index (χ3n) is 1.88. The van der Waals surface area contributed by atoms with E-state index < -0.39 is 5.97 Å². The van der Waals surface area contributed by atoms with Crippen LogP contribution in [0.2, 0.25) is 0 Å². The molecule has 1 aromatic carbocycles. The first-order valence-electron chi connectivity index (χ1n) is 4.60. The number of aromatic carboxylic acids is 1. The molecular formula is C10H17Cl2N3O2. The standard InChI is InChI=1S/C10H15N3O2.2ClH/c1-5(2)13-9-7(11)3-6(10(14)15)4-8(9)12;;/h3-5,13H,11-12H2,1-2H3,(H,14,15);2*1H.